The number of carboxylic acids is 1. The SMILES string of the molecule is CCc1cc(C)cc(C(=O)O)c1Nc1cnc(-c2cccc(C(=O)N(C)C)c2)c(C)c1. The van der Waals surface area contributed by atoms with E-state index >= 15 is 0 Å². The van der Waals surface area contributed by atoms with E-state index in [0.717, 1.165) is 27.9 Å². The number of carbonyl (C=O) groups excluding carboxylic acids is 1. The first-order chi connectivity index (χ1) is 14.7. The molecule has 2 N–H and O–H groups in total. The van der Waals surface area contributed by atoms with Crippen molar-refractivity contribution in [1.29, 1.82) is 0 Å². The van der Waals surface area contributed by atoms with Crippen molar-refractivity contribution in [3.63, 3.8) is 0 Å². The molecular weight excluding hydrogens is 390 g/mol. The normalized spacial score (nSPS) is 10.6. The second-order valence-corrected chi connectivity index (χ2v) is 7.80. The maximum absolute atomic E-state index is 12.3. The zero-order valence-corrected chi connectivity index (χ0v) is 18.5. The van der Waals surface area contributed by atoms with Crippen molar-refractivity contribution in [3.05, 3.63) is 76.5 Å². The number of carboxylic acid groups (broad SMARTS) is 1. The van der Waals surface area contributed by atoms with Gasteiger partial charge in [0.15, 0.2) is 0 Å². The largest absolute Gasteiger partial charge is 0.478 e. The Labute approximate surface area is 182 Å². The van der Waals surface area contributed by atoms with Gasteiger partial charge in [-0.2, -0.15) is 0 Å². The molecule has 6 heteroatoms. The Morgan fingerprint density at radius 1 is 1.10 bits per heavy atom. The first-order valence-electron chi connectivity index (χ1n) is 10.1. The third-order valence-electron chi connectivity index (χ3n) is 5.11. The van der Waals surface area contributed by atoms with Gasteiger partial charge in [0.25, 0.3) is 5.91 Å². The average Bonchev–Trinajstić information content (AvgIpc) is 2.74. The van der Waals surface area contributed by atoms with Gasteiger partial charge in [-0.3, -0.25) is 9.78 Å². The number of aromatic nitrogens is 1. The van der Waals surface area contributed by atoms with E-state index in [1.54, 1.807) is 37.3 Å². The Hall–Kier alpha value is -3.67. The molecule has 1 heterocycles. The zero-order chi connectivity index (χ0) is 22.7. The van der Waals surface area contributed by atoms with Gasteiger partial charge in [0.1, 0.15) is 0 Å². The lowest BCUT2D eigenvalue weighted by atomic mass is 10.0. The molecule has 1 amide bonds. The molecule has 0 saturated carbocycles. The van der Waals surface area contributed by atoms with Crippen LogP contribution in [0.3, 0.4) is 0 Å². The average molecular weight is 418 g/mol. The molecule has 160 valence electrons. The van der Waals surface area contributed by atoms with E-state index in [0.29, 0.717) is 23.4 Å². The maximum atomic E-state index is 12.3. The Bertz CT molecular complexity index is 1150. The maximum Gasteiger partial charge on any atom is 0.337 e. The number of anilines is 2. The highest BCUT2D eigenvalue weighted by molar-refractivity contribution is 5.97. The molecule has 0 bridgehead atoms. The van der Waals surface area contributed by atoms with Crippen LogP contribution in [0.2, 0.25) is 0 Å². The van der Waals surface area contributed by atoms with Crippen molar-refractivity contribution >= 4 is 23.3 Å². The topological polar surface area (TPSA) is 82.5 Å². The molecule has 3 rings (SSSR count). The number of hydrogen-bond donors (Lipinski definition) is 2. The highest BCUT2D eigenvalue weighted by Crippen LogP contribution is 2.30. The molecule has 31 heavy (non-hydrogen) atoms. The van der Waals surface area contributed by atoms with E-state index in [9.17, 15) is 14.7 Å². The number of aromatic carboxylic acids is 1. The standard InChI is InChI=1S/C25H27N3O3/c1-6-17-10-15(2)11-21(25(30)31)23(17)27-20-12-16(3)22(26-14-20)18-8-7-9-19(13-18)24(29)28(4)5/h7-14,27H,6H2,1-5H3,(H,30,31). The molecule has 1 aromatic heterocycles. The summed E-state index contributed by atoms with van der Waals surface area (Å²) >= 11 is 0. The summed E-state index contributed by atoms with van der Waals surface area (Å²) in [6.07, 6.45) is 2.40. The molecule has 0 radical (unpaired) electrons. The summed E-state index contributed by atoms with van der Waals surface area (Å²) in [6, 6.07) is 13.0. The van der Waals surface area contributed by atoms with Gasteiger partial charge >= 0.3 is 5.97 Å². The fourth-order valence-electron chi connectivity index (χ4n) is 3.60. The lowest BCUT2D eigenvalue weighted by Crippen LogP contribution is -2.21. The number of hydrogen-bond acceptors (Lipinski definition) is 4. The summed E-state index contributed by atoms with van der Waals surface area (Å²) in [5.74, 6) is -1.03. The van der Waals surface area contributed by atoms with E-state index < -0.39 is 5.97 Å². The van der Waals surface area contributed by atoms with E-state index in [-0.39, 0.29) is 11.5 Å². The van der Waals surface area contributed by atoms with E-state index in [1.807, 2.05) is 51.1 Å². The minimum atomic E-state index is -0.968. The summed E-state index contributed by atoms with van der Waals surface area (Å²) < 4.78 is 0. The molecular formula is C25H27N3O3. The number of pyridine rings is 1. The molecule has 0 aliphatic heterocycles. The first kappa shape index (κ1) is 22.0. The third-order valence-corrected chi connectivity index (χ3v) is 5.11. The highest BCUT2D eigenvalue weighted by atomic mass is 16.4. The van der Waals surface area contributed by atoms with Crippen LogP contribution in [0.15, 0.2) is 48.7 Å². The number of benzene rings is 2. The Balaban J connectivity index is 1.97. The Morgan fingerprint density at radius 3 is 2.45 bits per heavy atom. The second-order valence-electron chi connectivity index (χ2n) is 7.80. The fraction of sp³-hybridized carbons (Fsp3) is 0.240. The van der Waals surface area contributed by atoms with Gasteiger partial charge < -0.3 is 15.3 Å². The van der Waals surface area contributed by atoms with E-state index in [1.165, 1.54) is 0 Å². The molecule has 0 aliphatic rings. The van der Waals surface area contributed by atoms with Gasteiger partial charge in [-0.05, 0) is 61.2 Å². The smallest absolute Gasteiger partial charge is 0.337 e. The minimum Gasteiger partial charge on any atom is -0.478 e. The zero-order valence-electron chi connectivity index (χ0n) is 18.5. The highest BCUT2D eigenvalue weighted by Gasteiger charge is 2.16. The lowest BCUT2D eigenvalue weighted by molar-refractivity contribution is 0.0697. The van der Waals surface area contributed by atoms with Crippen LogP contribution in [0.4, 0.5) is 11.4 Å². The summed E-state index contributed by atoms with van der Waals surface area (Å²) in [4.78, 5) is 30.2. The monoisotopic (exact) mass is 417 g/mol. The summed E-state index contributed by atoms with van der Waals surface area (Å²) in [6.45, 7) is 5.84. The van der Waals surface area contributed by atoms with Crippen LogP contribution >= 0.6 is 0 Å². The molecule has 6 nitrogen and oxygen atoms in total. The number of nitrogens with one attached hydrogen (secondary N) is 1. The number of carbonyl (C=O) groups is 2. The summed E-state index contributed by atoms with van der Waals surface area (Å²) in [5.41, 5.74) is 6.55. The third kappa shape index (κ3) is 4.74. The van der Waals surface area contributed by atoms with Gasteiger partial charge in [0.2, 0.25) is 0 Å². The van der Waals surface area contributed by atoms with Crippen molar-refractivity contribution in [1.82, 2.24) is 9.88 Å². The van der Waals surface area contributed by atoms with E-state index in [4.69, 9.17) is 0 Å². The molecule has 0 aliphatic carbocycles. The van der Waals surface area contributed by atoms with Gasteiger partial charge in [-0.25, -0.2) is 4.79 Å². The van der Waals surface area contributed by atoms with E-state index in [2.05, 4.69) is 10.3 Å². The Kier molecular flexibility index (Phi) is 6.39. The van der Waals surface area contributed by atoms with Crippen LogP contribution in [-0.2, 0) is 6.42 Å². The molecule has 2 aromatic carbocycles. The molecule has 0 atom stereocenters. The van der Waals surface area contributed by atoms with Crippen LogP contribution in [0, 0.1) is 13.8 Å². The molecule has 0 saturated heterocycles. The Morgan fingerprint density at radius 2 is 1.84 bits per heavy atom. The van der Waals surface area contributed by atoms with Crippen molar-refractivity contribution in [2.45, 2.75) is 27.2 Å². The number of rotatable bonds is 6. The number of nitrogens with zero attached hydrogens (tertiary/aromatic N) is 2. The van der Waals surface area contributed by atoms with Crippen molar-refractivity contribution in [2.75, 3.05) is 19.4 Å². The summed E-state index contributed by atoms with van der Waals surface area (Å²) in [7, 11) is 3.44. The van der Waals surface area contributed by atoms with Crippen molar-refractivity contribution in [3.8, 4) is 11.3 Å². The quantitative estimate of drug-likeness (QED) is 0.585. The minimum absolute atomic E-state index is 0.0644. The van der Waals surface area contributed by atoms with Crippen LogP contribution in [0.1, 0.15) is 44.3 Å². The van der Waals surface area contributed by atoms with Crippen molar-refractivity contribution < 1.29 is 14.7 Å². The van der Waals surface area contributed by atoms with Gasteiger partial charge in [-0.15, -0.1) is 0 Å². The van der Waals surface area contributed by atoms with Gasteiger partial charge in [0, 0.05) is 25.2 Å². The van der Waals surface area contributed by atoms with Crippen LogP contribution in [0.5, 0.6) is 0 Å². The lowest BCUT2D eigenvalue weighted by Gasteiger charge is -2.16. The number of amides is 1. The first-order valence-corrected chi connectivity index (χ1v) is 10.1. The predicted molar refractivity (Wildman–Crippen MR) is 123 cm³/mol. The van der Waals surface area contributed by atoms with Gasteiger partial charge in [-0.1, -0.05) is 25.1 Å². The molecule has 0 spiro atoms. The molecule has 0 unspecified atom stereocenters. The predicted octanol–water partition coefficient (Wildman–Crippen LogP) is 5.07. The molecule has 0 fully saturated rings. The van der Waals surface area contributed by atoms with Crippen LogP contribution in [0.25, 0.3) is 11.3 Å². The van der Waals surface area contributed by atoms with Crippen LogP contribution < -0.4 is 5.32 Å². The van der Waals surface area contributed by atoms with Gasteiger partial charge in [0.05, 0.1) is 28.8 Å². The fourth-order valence-corrected chi connectivity index (χ4v) is 3.60. The molecule has 3 aromatic rings. The van der Waals surface area contributed by atoms with Crippen LogP contribution in [-0.4, -0.2) is 41.0 Å². The summed E-state index contributed by atoms with van der Waals surface area (Å²) in [5, 5.41) is 12.9. The number of aryl methyl sites for hydroxylation is 3. The van der Waals surface area contributed by atoms with Crippen molar-refractivity contribution in [2.24, 2.45) is 0 Å². The second kappa shape index (κ2) is 9.00.